The van der Waals surface area contributed by atoms with Gasteiger partial charge in [-0.25, -0.2) is 0 Å². The van der Waals surface area contributed by atoms with Crippen molar-refractivity contribution in [2.75, 3.05) is 13.1 Å². The van der Waals surface area contributed by atoms with Gasteiger partial charge in [0, 0.05) is 25.8 Å². The maximum Gasteiger partial charge on any atom is 0.234 e. The number of aromatic hydroxyl groups is 1. The van der Waals surface area contributed by atoms with Gasteiger partial charge >= 0.3 is 0 Å². The third-order valence-corrected chi connectivity index (χ3v) is 3.83. The molecule has 0 saturated carbocycles. The number of aromatic nitrogens is 1. The van der Waals surface area contributed by atoms with E-state index >= 15 is 0 Å². The molecule has 21 heavy (non-hydrogen) atoms. The van der Waals surface area contributed by atoms with E-state index in [0.29, 0.717) is 17.9 Å². The van der Waals surface area contributed by atoms with Gasteiger partial charge in [0.05, 0.1) is 11.3 Å². The van der Waals surface area contributed by atoms with E-state index in [2.05, 4.69) is 25.0 Å². The minimum atomic E-state index is -0.604. The number of aliphatic hydroxyl groups is 1. The SMILES string of the molecule is C=C(O)c1cn2c(c(O)c1=O)C(=C)N(CCCC)CCC2. The van der Waals surface area contributed by atoms with Gasteiger partial charge in [0.15, 0.2) is 5.75 Å². The van der Waals surface area contributed by atoms with Crippen LogP contribution in [0.5, 0.6) is 5.75 Å². The van der Waals surface area contributed by atoms with Crippen LogP contribution >= 0.6 is 0 Å². The molecular weight excluding hydrogens is 268 g/mol. The molecule has 114 valence electrons. The largest absolute Gasteiger partial charge is 0.508 e. The van der Waals surface area contributed by atoms with Gasteiger partial charge in [-0.1, -0.05) is 26.5 Å². The summed E-state index contributed by atoms with van der Waals surface area (Å²) in [7, 11) is 0. The van der Waals surface area contributed by atoms with Crippen LogP contribution in [0.3, 0.4) is 0 Å². The van der Waals surface area contributed by atoms with Crippen LogP contribution in [0.15, 0.2) is 24.1 Å². The molecule has 2 N–H and O–H groups in total. The first-order valence-corrected chi connectivity index (χ1v) is 7.26. The lowest BCUT2D eigenvalue weighted by molar-refractivity contribution is 0.383. The van der Waals surface area contributed by atoms with E-state index in [1.165, 1.54) is 0 Å². The second-order valence-corrected chi connectivity index (χ2v) is 5.35. The highest BCUT2D eigenvalue weighted by Gasteiger charge is 2.23. The highest BCUT2D eigenvalue weighted by Crippen LogP contribution is 2.28. The second kappa shape index (κ2) is 6.08. The van der Waals surface area contributed by atoms with Crippen LogP contribution in [-0.4, -0.2) is 32.8 Å². The molecule has 1 aliphatic heterocycles. The zero-order valence-electron chi connectivity index (χ0n) is 12.4. The first kappa shape index (κ1) is 15.2. The van der Waals surface area contributed by atoms with E-state index in [9.17, 15) is 15.0 Å². The Kier molecular flexibility index (Phi) is 4.40. The number of aliphatic hydroxyl groups excluding tert-OH is 1. The van der Waals surface area contributed by atoms with E-state index in [-0.39, 0.29) is 17.1 Å². The zero-order valence-corrected chi connectivity index (χ0v) is 12.4. The first-order valence-electron chi connectivity index (χ1n) is 7.26. The van der Waals surface area contributed by atoms with Crippen LogP contribution in [-0.2, 0) is 6.54 Å². The molecule has 0 atom stereocenters. The predicted molar refractivity (Wildman–Crippen MR) is 84.2 cm³/mol. The standard InChI is InChI=1S/C16H22N2O3/c1-4-5-7-17-8-6-9-18-10-13(12(3)19)15(20)16(21)14(18)11(17)2/h10,19,21H,2-9H2,1H3. The van der Waals surface area contributed by atoms with E-state index in [0.717, 1.165) is 32.4 Å². The lowest BCUT2D eigenvalue weighted by atomic mass is 10.1. The Hall–Kier alpha value is -2.17. The average molecular weight is 290 g/mol. The molecule has 1 aromatic rings. The molecule has 1 aliphatic rings. The predicted octanol–water partition coefficient (Wildman–Crippen LogP) is 2.56. The summed E-state index contributed by atoms with van der Waals surface area (Å²) in [6, 6.07) is 0. The van der Waals surface area contributed by atoms with E-state index in [1.54, 1.807) is 10.8 Å². The Morgan fingerprint density at radius 3 is 2.76 bits per heavy atom. The summed E-state index contributed by atoms with van der Waals surface area (Å²) in [4.78, 5) is 14.2. The molecular formula is C16H22N2O3. The molecule has 0 fully saturated rings. The summed E-state index contributed by atoms with van der Waals surface area (Å²) in [6.45, 7) is 11.9. The minimum Gasteiger partial charge on any atom is -0.508 e. The maximum atomic E-state index is 12.1. The number of aryl methyl sites for hydroxylation is 1. The van der Waals surface area contributed by atoms with E-state index in [1.807, 2.05) is 0 Å². The summed E-state index contributed by atoms with van der Waals surface area (Å²) in [5.41, 5.74) is 0.530. The zero-order chi connectivity index (χ0) is 15.6. The Bertz CT molecular complexity index is 631. The number of rotatable bonds is 4. The third kappa shape index (κ3) is 2.82. The van der Waals surface area contributed by atoms with Gasteiger partial charge < -0.3 is 19.7 Å². The van der Waals surface area contributed by atoms with Gasteiger partial charge in [-0.3, -0.25) is 4.79 Å². The molecule has 0 amide bonds. The number of hydrogen-bond donors (Lipinski definition) is 2. The van der Waals surface area contributed by atoms with Crippen molar-refractivity contribution >= 4 is 11.5 Å². The molecule has 0 aliphatic carbocycles. The molecule has 0 aromatic carbocycles. The Morgan fingerprint density at radius 2 is 2.14 bits per heavy atom. The van der Waals surface area contributed by atoms with Gasteiger partial charge in [-0.15, -0.1) is 0 Å². The smallest absolute Gasteiger partial charge is 0.234 e. The van der Waals surface area contributed by atoms with Crippen molar-refractivity contribution in [1.82, 2.24) is 9.47 Å². The van der Waals surface area contributed by atoms with Crippen LogP contribution in [0.1, 0.15) is 37.4 Å². The minimum absolute atomic E-state index is 0.0334. The van der Waals surface area contributed by atoms with Crippen LogP contribution in [0.25, 0.3) is 11.5 Å². The fourth-order valence-corrected chi connectivity index (χ4v) is 2.65. The normalized spacial score (nSPS) is 14.7. The highest BCUT2D eigenvalue weighted by molar-refractivity contribution is 5.68. The first-order chi connectivity index (χ1) is 9.97. The summed E-state index contributed by atoms with van der Waals surface area (Å²) in [5, 5.41) is 19.7. The number of hydrogen-bond acceptors (Lipinski definition) is 4. The number of fused-ring (bicyclic) bond motifs is 1. The molecule has 0 unspecified atom stereocenters. The van der Waals surface area contributed by atoms with Crippen molar-refractivity contribution in [3.63, 3.8) is 0 Å². The van der Waals surface area contributed by atoms with Gasteiger partial charge in [0.25, 0.3) is 0 Å². The molecule has 2 heterocycles. The lowest BCUT2D eigenvalue weighted by Crippen LogP contribution is -2.24. The summed E-state index contributed by atoms with van der Waals surface area (Å²) < 4.78 is 1.78. The summed E-state index contributed by atoms with van der Waals surface area (Å²) in [6.07, 6.45) is 4.55. The van der Waals surface area contributed by atoms with Crippen LogP contribution in [0.2, 0.25) is 0 Å². The van der Waals surface area contributed by atoms with Crippen molar-refractivity contribution in [1.29, 1.82) is 0 Å². The number of unbranched alkanes of at least 4 members (excludes halogenated alkanes) is 1. The maximum absolute atomic E-state index is 12.1. The second-order valence-electron chi connectivity index (χ2n) is 5.35. The fourth-order valence-electron chi connectivity index (χ4n) is 2.65. The molecule has 0 bridgehead atoms. The van der Waals surface area contributed by atoms with Crippen molar-refractivity contribution in [2.45, 2.75) is 32.7 Å². The van der Waals surface area contributed by atoms with Crippen LogP contribution < -0.4 is 5.43 Å². The molecule has 0 spiro atoms. The van der Waals surface area contributed by atoms with Crippen molar-refractivity contribution in [3.05, 3.63) is 40.8 Å². The van der Waals surface area contributed by atoms with Crippen LogP contribution in [0.4, 0.5) is 0 Å². The number of pyridine rings is 1. The molecule has 5 heteroatoms. The quantitative estimate of drug-likeness (QED) is 0.836. The third-order valence-electron chi connectivity index (χ3n) is 3.83. The van der Waals surface area contributed by atoms with Gasteiger partial charge in [-0.2, -0.15) is 0 Å². The molecule has 2 rings (SSSR count). The van der Waals surface area contributed by atoms with Crippen LogP contribution in [0, 0.1) is 0 Å². The van der Waals surface area contributed by atoms with E-state index in [4.69, 9.17) is 0 Å². The topological polar surface area (TPSA) is 65.7 Å². The van der Waals surface area contributed by atoms with Gasteiger partial charge in [0.2, 0.25) is 5.43 Å². The van der Waals surface area contributed by atoms with E-state index < -0.39 is 5.43 Å². The molecule has 0 radical (unpaired) electrons. The van der Waals surface area contributed by atoms with Crippen molar-refractivity contribution < 1.29 is 10.2 Å². The monoisotopic (exact) mass is 290 g/mol. The number of nitrogens with zero attached hydrogens (tertiary/aromatic N) is 2. The Balaban J connectivity index is 2.51. The molecule has 0 saturated heterocycles. The molecule has 1 aromatic heterocycles. The van der Waals surface area contributed by atoms with Crippen molar-refractivity contribution in [3.8, 4) is 5.75 Å². The lowest BCUT2D eigenvalue weighted by Gasteiger charge is -2.25. The fraction of sp³-hybridized carbons (Fsp3) is 0.438. The summed E-state index contributed by atoms with van der Waals surface area (Å²) in [5.74, 6) is -0.695. The summed E-state index contributed by atoms with van der Waals surface area (Å²) >= 11 is 0. The van der Waals surface area contributed by atoms with Gasteiger partial charge in [0.1, 0.15) is 11.5 Å². The highest BCUT2D eigenvalue weighted by atomic mass is 16.3. The average Bonchev–Trinajstić information content (AvgIpc) is 2.59. The van der Waals surface area contributed by atoms with Gasteiger partial charge in [-0.05, 0) is 12.8 Å². The van der Waals surface area contributed by atoms with Crippen molar-refractivity contribution in [2.24, 2.45) is 0 Å². The molecule has 5 nitrogen and oxygen atoms in total. The Morgan fingerprint density at radius 1 is 1.43 bits per heavy atom. The Labute approximate surface area is 124 Å².